The van der Waals surface area contributed by atoms with Crippen LogP contribution in [0.15, 0.2) is 47.2 Å². The fraction of sp³-hybridized carbons (Fsp3) is 0.710. The third-order valence-electron chi connectivity index (χ3n) is 8.26. The highest BCUT2D eigenvalue weighted by Gasteiger charge is 2.29. The van der Waals surface area contributed by atoms with Crippen LogP contribution in [0.25, 0.3) is 0 Å². The van der Waals surface area contributed by atoms with E-state index in [2.05, 4.69) is 82.1 Å². The topological polar surface area (TPSA) is 32.3 Å². The van der Waals surface area contributed by atoms with Crippen molar-refractivity contribution in [2.45, 2.75) is 99.0 Å². The Morgan fingerprint density at radius 3 is 2.59 bits per heavy atom. The molecule has 0 aromatic carbocycles. The molecule has 0 aromatic heterocycles. The van der Waals surface area contributed by atoms with Crippen LogP contribution < -0.4 is 5.32 Å². The molecule has 1 N–H and O–H groups in total. The molecule has 3 rings (SSSR count). The van der Waals surface area contributed by atoms with E-state index in [1.54, 1.807) is 0 Å². The summed E-state index contributed by atoms with van der Waals surface area (Å²) in [6.45, 7) is 15.5. The molecule has 0 aliphatic heterocycles. The number of amides is 1. The monoisotopic (exact) mass is 466 g/mol. The molecule has 3 aliphatic rings. The van der Waals surface area contributed by atoms with Gasteiger partial charge in [-0.1, -0.05) is 71.9 Å². The van der Waals surface area contributed by atoms with E-state index in [4.69, 9.17) is 0 Å². The smallest absolute Gasteiger partial charge is 0.225 e. The quantitative estimate of drug-likeness (QED) is 0.340. The van der Waals surface area contributed by atoms with Crippen molar-refractivity contribution >= 4 is 5.91 Å². The molecule has 0 bridgehead atoms. The van der Waals surface area contributed by atoms with Gasteiger partial charge >= 0.3 is 0 Å². The van der Waals surface area contributed by atoms with Gasteiger partial charge in [-0.05, 0) is 79.8 Å². The maximum Gasteiger partial charge on any atom is 0.225 e. The normalized spacial score (nSPS) is 27.6. The highest BCUT2D eigenvalue weighted by atomic mass is 16.1. The molecule has 0 saturated carbocycles. The number of hydrogen-bond acceptors (Lipinski definition) is 2. The number of allylic oxidation sites excluding steroid dienone is 5. The van der Waals surface area contributed by atoms with Crippen LogP contribution in [-0.4, -0.2) is 29.9 Å². The number of rotatable bonds is 10. The van der Waals surface area contributed by atoms with Gasteiger partial charge in [0.05, 0.1) is 0 Å². The standard InChI is InChI=1S/C31H50N2O/c1-7-25-14-16-26(17-15-25)21-33(27-11-8-10-24(6)20-27)19-18-30(34)32-31-28(22(2)3)12-9-13-29(31)23(4)5/h8,11,14,16-17,22-25,27-28H,7,9-10,12-13,15,18-21H2,1-6H3,(H,32,34). The van der Waals surface area contributed by atoms with Crippen molar-refractivity contribution in [2.24, 2.45) is 29.6 Å². The molecule has 34 heavy (non-hydrogen) atoms. The average molecular weight is 467 g/mol. The minimum Gasteiger partial charge on any atom is -0.329 e. The Morgan fingerprint density at radius 2 is 1.97 bits per heavy atom. The zero-order valence-electron chi connectivity index (χ0n) is 22.8. The Hall–Kier alpha value is -1.61. The molecule has 190 valence electrons. The van der Waals surface area contributed by atoms with Crippen LogP contribution in [0.1, 0.15) is 92.9 Å². The van der Waals surface area contributed by atoms with Gasteiger partial charge in [0.1, 0.15) is 0 Å². The minimum absolute atomic E-state index is 0.192. The predicted molar refractivity (Wildman–Crippen MR) is 145 cm³/mol. The van der Waals surface area contributed by atoms with E-state index < -0.39 is 0 Å². The first kappa shape index (κ1) is 27.0. The van der Waals surface area contributed by atoms with Gasteiger partial charge in [-0.25, -0.2) is 0 Å². The molecule has 3 aliphatic carbocycles. The van der Waals surface area contributed by atoms with Gasteiger partial charge < -0.3 is 5.32 Å². The Kier molecular flexibility index (Phi) is 10.2. The van der Waals surface area contributed by atoms with Gasteiger partial charge in [-0.15, -0.1) is 0 Å². The third-order valence-corrected chi connectivity index (χ3v) is 8.26. The third kappa shape index (κ3) is 7.44. The van der Waals surface area contributed by atoms with Gasteiger partial charge in [-0.2, -0.15) is 0 Å². The van der Waals surface area contributed by atoms with Crippen LogP contribution in [0.4, 0.5) is 0 Å². The fourth-order valence-corrected chi connectivity index (χ4v) is 5.98. The second kappa shape index (κ2) is 12.9. The van der Waals surface area contributed by atoms with Crippen LogP contribution in [-0.2, 0) is 4.79 Å². The lowest BCUT2D eigenvalue weighted by atomic mass is 9.77. The molecule has 3 nitrogen and oxygen atoms in total. The molecular formula is C31H50N2O. The van der Waals surface area contributed by atoms with Crippen molar-refractivity contribution < 1.29 is 4.79 Å². The van der Waals surface area contributed by atoms with Crippen molar-refractivity contribution in [3.05, 3.63) is 47.2 Å². The molecule has 0 aromatic rings. The van der Waals surface area contributed by atoms with Crippen molar-refractivity contribution in [3.8, 4) is 0 Å². The zero-order valence-corrected chi connectivity index (χ0v) is 22.8. The Morgan fingerprint density at radius 1 is 1.18 bits per heavy atom. The summed E-state index contributed by atoms with van der Waals surface area (Å²) in [4.78, 5) is 15.8. The summed E-state index contributed by atoms with van der Waals surface area (Å²) in [7, 11) is 0. The van der Waals surface area contributed by atoms with Gasteiger partial charge in [0.15, 0.2) is 0 Å². The maximum atomic E-state index is 13.3. The lowest BCUT2D eigenvalue weighted by Crippen LogP contribution is -2.41. The van der Waals surface area contributed by atoms with Gasteiger partial charge in [0.2, 0.25) is 5.91 Å². The Labute approximate surface area is 209 Å². The van der Waals surface area contributed by atoms with Crippen LogP contribution in [0.3, 0.4) is 0 Å². The molecule has 4 atom stereocenters. The van der Waals surface area contributed by atoms with E-state index in [1.165, 1.54) is 48.9 Å². The maximum absolute atomic E-state index is 13.3. The Bertz CT molecular complexity index is 800. The summed E-state index contributed by atoms with van der Waals surface area (Å²) in [6, 6.07) is 0.429. The van der Waals surface area contributed by atoms with E-state index in [9.17, 15) is 4.79 Å². The fourth-order valence-electron chi connectivity index (χ4n) is 5.98. The SMILES string of the molecule is CCC1C=CC(CN(CCC(=O)NC2=C(C(C)C)CCCC2C(C)C)C2C=CCC(C)C2)=CC1. The van der Waals surface area contributed by atoms with E-state index >= 15 is 0 Å². The lowest BCUT2D eigenvalue weighted by molar-refractivity contribution is -0.121. The number of carbonyl (C=O) groups is 1. The molecule has 4 unspecified atom stereocenters. The summed E-state index contributed by atoms with van der Waals surface area (Å²) in [5.41, 5.74) is 4.14. The molecule has 0 saturated heterocycles. The Balaban J connectivity index is 1.68. The summed E-state index contributed by atoms with van der Waals surface area (Å²) in [5.74, 6) is 3.13. The number of carbonyl (C=O) groups excluding carboxylic acids is 1. The van der Waals surface area contributed by atoms with Crippen LogP contribution in [0.5, 0.6) is 0 Å². The average Bonchev–Trinajstić information content (AvgIpc) is 2.82. The molecule has 0 heterocycles. The van der Waals surface area contributed by atoms with E-state index in [1.807, 2.05) is 0 Å². The highest BCUT2D eigenvalue weighted by Crippen LogP contribution is 2.36. The lowest BCUT2D eigenvalue weighted by Gasteiger charge is -2.35. The first-order valence-corrected chi connectivity index (χ1v) is 14.1. The molecule has 3 heteroatoms. The summed E-state index contributed by atoms with van der Waals surface area (Å²) < 4.78 is 0. The predicted octanol–water partition coefficient (Wildman–Crippen LogP) is 7.43. The first-order valence-electron chi connectivity index (χ1n) is 14.1. The molecular weight excluding hydrogens is 416 g/mol. The van der Waals surface area contributed by atoms with E-state index in [-0.39, 0.29) is 5.91 Å². The number of hydrogen-bond donors (Lipinski definition) is 1. The second-order valence-electron chi connectivity index (χ2n) is 11.7. The van der Waals surface area contributed by atoms with Crippen molar-refractivity contribution in [2.75, 3.05) is 13.1 Å². The molecule has 0 spiro atoms. The van der Waals surface area contributed by atoms with Crippen LogP contribution >= 0.6 is 0 Å². The minimum atomic E-state index is 0.192. The molecule has 0 fully saturated rings. The highest BCUT2D eigenvalue weighted by molar-refractivity contribution is 5.78. The van der Waals surface area contributed by atoms with Gasteiger partial charge in [-0.3, -0.25) is 9.69 Å². The molecule has 0 radical (unpaired) electrons. The van der Waals surface area contributed by atoms with Crippen LogP contribution in [0, 0.1) is 29.6 Å². The van der Waals surface area contributed by atoms with Crippen LogP contribution in [0.2, 0.25) is 0 Å². The number of nitrogens with zero attached hydrogens (tertiary/aromatic N) is 1. The summed E-state index contributed by atoms with van der Waals surface area (Å²) in [6.07, 6.45) is 20.7. The molecule has 1 amide bonds. The van der Waals surface area contributed by atoms with Crippen molar-refractivity contribution in [1.82, 2.24) is 10.2 Å². The summed E-state index contributed by atoms with van der Waals surface area (Å²) >= 11 is 0. The second-order valence-corrected chi connectivity index (χ2v) is 11.7. The first-order chi connectivity index (χ1) is 16.3. The van der Waals surface area contributed by atoms with Gasteiger partial charge in [0, 0.05) is 37.2 Å². The summed E-state index contributed by atoms with van der Waals surface area (Å²) in [5, 5.41) is 3.43. The zero-order chi connectivity index (χ0) is 24.7. The van der Waals surface area contributed by atoms with Gasteiger partial charge in [0.25, 0.3) is 0 Å². The van der Waals surface area contributed by atoms with Crippen molar-refractivity contribution in [3.63, 3.8) is 0 Å². The number of nitrogens with one attached hydrogen (secondary N) is 1. The van der Waals surface area contributed by atoms with Crippen molar-refractivity contribution in [1.29, 1.82) is 0 Å². The van der Waals surface area contributed by atoms with E-state index in [0.29, 0.717) is 42.1 Å². The largest absolute Gasteiger partial charge is 0.329 e. The van der Waals surface area contributed by atoms with E-state index in [0.717, 1.165) is 25.9 Å².